The van der Waals surface area contributed by atoms with Crippen LogP contribution in [0.2, 0.25) is 0 Å². The van der Waals surface area contributed by atoms with Gasteiger partial charge in [0.2, 0.25) is 5.91 Å². The van der Waals surface area contributed by atoms with Gasteiger partial charge in [0, 0.05) is 38.8 Å². The van der Waals surface area contributed by atoms with Gasteiger partial charge in [0.1, 0.15) is 0 Å². The van der Waals surface area contributed by atoms with Gasteiger partial charge in [-0.1, -0.05) is 18.2 Å². The molecule has 0 unspecified atom stereocenters. The average Bonchev–Trinajstić information content (AvgIpc) is 3.39. The molecule has 1 aromatic carbocycles. The maximum Gasteiger partial charge on any atom is 0.237 e. The van der Waals surface area contributed by atoms with Crippen molar-refractivity contribution in [3.8, 4) is 6.07 Å². The molecule has 0 bridgehead atoms. The SMILES string of the molecule is C[C@@H](C(=O)NC1CC1)N1CCN(Cc2ccccc2C#N)CC1. The van der Waals surface area contributed by atoms with Crippen molar-refractivity contribution in [2.45, 2.75) is 38.4 Å². The quantitative estimate of drug-likeness (QED) is 0.891. The number of nitrogens with zero attached hydrogens (tertiary/aromatic N) is 3. The zero-order valence-electron chi connectivity index (χ0n) is 13.7. The van der Waals surface area contributed by atoms with Crippen LogP contribution in [0.3, 0.4) is 0 Å². The molecule has 1 amide bonds. The molecular formula is C18H24N4O. The molecule has 5 nitrogen and oxygen atoms in total. The molecule has 3 rings (SSSR count). The van der Waals surface area contributed by atoms with Gasteiger partial charge in [0.25, 0.3) is 0 Å². The molecule has 2 fully saturated rings. The van der Waals surface area contributed by atoms with Gasteiger partial charge in [-0.3, -0.25) is 14.6 Å². The van der Waals surface area contributed by atoms with E-state index in [-0.39, 0.29) is 11.9 Å². The van der Waals surface area contributed by atoms with Gasteiger partial charge in [-0.05, 0) is 31.4 Å². The van der Waals surface area contributed by atoms with Gasteiger partial charge in [0.05, 0.1) is 17.7 Å². The normalized spacial score (nSPS) is 20.7. The zero-order valence-corrected chi connectivity index (χ0v) is 13.7. The summed E-state index contributed by atoms with van der Waals surface area (Å²) >= 11 is 0. The Hall–Kier alpha value is -1.90. The van der Waals surface area contributed by atoms with E-state index in [2.05, 4.69) is 21.2 Å². The van der Waals surface area contributed by atoms with Crippen molar-refractivity contribution in [1.82, 2.24) is 15.1 Å². The van der Waals surface area contributed by atoms with Crippen molar-refractivity contribution >= 4 is 5.91 Å². The first-order chi connectivity index (χ1) is 11.2. The highest BCUT2D eigenvalue weighted by molar-refractivity contribution is 5.81. The van der Waals surface area contributed by atoms with Crippen LogP contribution >= 0.6 is 0 Å². The lowest BCUT2D eigenvalue weighted by atomic mass is 10.1. The Labute approximate surface area is 137 Å². The first kappa shape index (κ1) is 16.0. The first-order valence-electron chi connectivity index (χ1n) is 8.42. The number of hydrogen-bond donors (Lipinski definition) is 1. The molecule has 122 valence electrons. The number of amides is 1. The second-order valence-electron chi connectivity index (χ2n) is 6.54. The minimum atomic E-state index is -0.0517. The topological polar surface area (TPSA) is 59.4 Å². The molecule has 1 saturated heterocycles. The number of hydrogen-bond acceptors (Lipinski definition) is 4. The molecule has 2 aliphatic rings. The summed E-state index contributed by atoms with van der Waals surface area (Å²) in [5.74, 6) is 0.163. The van der Waals surface area contributed by atoms with E-state index in [1.54, 1.807) is 0 Å². The van der Waals surface area contributed by atoms with Crippen LogP contribution in [0.25, 0.3) is 0 Å². The number of rotatable bonds is 5. The molecule has 1 heterocycles. The van der Waals surface area contributed by atoms with Crippen LogP contribution in [0.15, 0.2) is 24.3 Å². The lowest BCUT2D eigenvalue weighted by molar-refractivity contribution is -0.126. The number of piperazine rings is 1. The Morgan fingerprint density at radius 2 is 2.00 bits per heavy atom. The van der Waals surface area contributed by atoms with Crippen LogP contribution in [0.1, 0.15) is 30.9 Å². The van der Waals surface area contributed by atoms with E-state index in [0.29, 0.717) is 6.04 Å². The maximum absolute atomic E-state index is 12.1. The standard InChI is InChI=1S/C18H24N4O/c1-14(18(23)20-17-6-7-17)22-10-8-21(9-11-22)13-16-5-3-2-4-15(16)12-19/h2-5,14,17H,6-11,13H2,1H3,(H,20,23)/t14-/m0/s1. The van der Waals surface area contributed by atoms with E-state index in [0.717, 1.165) is 56.7 Å². The van der Waals surface area contributed by atoms with Crippen LogP contribution in [-0.4, -0.2) is 54.0 Å². The molecular weight excluding hydrogens is 288 g/mol. The van der Waals surface area contributed by atoms with E-state index >= 15 is 0 Å². The Morgan fingerprint density at radius 3 is 2.65 bits per heavy atom. The van der Waals surface area contributed by atoms with Crippen LogP contribution in [-0.2, 0) is 11.3 Å². The molecule has 1 atom stereocenters. The first-order valence-corrected chi connectivity index (χ1v) is 8.42. The predicted octanol–water partition coefficient (Wildman–Crippen LogP) is 1.34. The monoisotopic (exact) mass is 312 g/mol. The van der Waals surface area contributed by atoms with E-state index in [4.69, 9.17) is 0 Å². The summed E-state index contributed by atoms with van der Waals surface area (Å²) in [6, 6.07) is 10.4. The van der Waals surface area contributed by atoms with Crippen LogP contribution in [0.4, 0.5) is 0 Å². The fourth-order valence-corrected chi connectivity index (χ4v) is 3.03. The summed E-state index contributed by atoms with van der Waals surface area (Å²) < 4.78 is 0. The molecule has 23 heavy (non-hydrogen) atoms. The van der Waals surface area contributed by atoms with Crippen molar-refractivity contribution in [2.75, 3.05) is 26.2 Å². The van der Waals surface area contributed by atoms with Gasteiger partial charge < -0.3 is 5.32 Å². The fourth-order valence-electron chi connectivity index (χ4n) is 3.03. The Morgan fingerprint density at radius 1 is 1.30 bits per heavy atom. The fraction of sp³-hybridized carbons (Fsp3) is 0.556. The van der Waals surface area contributed by atoms with Gasteiger partial charge >= 0.3 is 0 Å². The number of carbonyl (C=O) groups excluding carboxylic acids is 1. The largest absolute Gasteiger partial charge is 0.352 e. The average molecular weight is 312 g/mol. The summed E-state index contributed by atoms with van der Waals surface area (Å²) in [5.41, 5.74) is 1.84. The molecule has 1 N–H and O–H groups in total. The lowest BCUT2D eigenvalue weighted by Crippen LogP contribution is -2.53. The molecule has 1 aliphatic carbocycles. The van der Waals surface area contributed by atoms with Crippen molar-refractivity contribution < 1.29 is 4.79 Å². The molecule has 5 heteroatoms. The Kier molecular flexibility index (Phi) is 4.94. The number of nitriles is 1. The van der Waals surface area contributed by atoms with Gasteiger partial charge in [0.15, 0.2) is 0 Å². The third-order valence-corrected chi connectivity index (χ3v) is 4.79. The molecule has 1 aromatic rings. The van der Waals surface area contributed by atoms with Gasteiger partial charge in [-0.15, -0.1) is 0 Å². The predicted molar refractivity (Wildman–Crippen MR) is 88.6 cm³/mol. The molecule has 1 saturated carbocycles. The second kappa shape index (κ2) is 7.12. The molecule has 0 aromatic heterocycles. The van der Waals surface area contributed by atoms with Crippen LogP contribution < -0.4 is 5.32 Å². The molecule has 1 aliphatic heterocycles. The van der Waals surface area contributed by atoms with Crippen molar-refractivity contribution in [2.24, 2.45) is 0 Å². The lowest BCUT2D eigenvalue weighted by Gasteiger charge is -2.37. The van der Waals surface area contributed by atoms with Crippen LogP contribution in [0.5, 0.6) is 0 Å². The number of benzene rings is 1. The Bertz CT molecular complexity index is 597. The molecule has 0 spiro atoms. The van der Waals surface area contributed by atoms with Crippen molar-refractivity contribution in [1.29, 1.82) is 5.26 Å². The van der Waals surface area contributed by atoms with Crippen LogP contribution in [0, 0.1) is 11.3 Å². The summed E-state index contributed by atoms with van der Waals surface area (Å²) in [4.78, 5) is 16.8. The highest BCUT2D eigenvalue weighted by Gasteiger charge is 2.29. The summed E-state index contributed by atoms with van der Waals surface area (Å²) in [5, 5.41) is 12.3. The summed E-state index contributed by atoms with van der Waals surface area (Å²) in [6.07, 6.45) is 2.26. The zero-order chi connectivity index (χ0) is 16.2. The van der Waals surface area contributed by atoms with E-state index in [1.165, 1.54) is 0 Å². The number of nitrogens with one attached hydrogen (secondary N) is 1. The third-order valence-electron chi connectivity index (χ3n) is 4.79. The third kappa shape index (κ3) is 4.10. The van der Waals surface area contributed by atoms with E-state index in [1.807, 2.05) is 31.2 Å². The Balaban J connectivity index is 1.50. The molecule has 0 radical (unpaired) electrons. The second-order valence-corrected chi connectivity index (χ2v) is 6.54. The minimum absolute atomic E-state index is 0.0517. The summed E-state index contributed by atoms with van der Waals surface area (Å²) in [6.45, 7) is 6.46. The van der Waals surface area contributed by atoms with Crippen molar-refractivity contribution in [3.63, 3.8) is 0 Å². The van der Waals surface area contributed by atoms with Gasteiger partial charge in [-0.25, -0.2) is 0 Å². The maximum atomic E-state index is 12.1. The summed E-state index contributed by atoms with van der Waals surface area (Å²) in [7, 11) is 0. The minimum Gasteiger partial charge on any atom is -0.352 e. The van der Waals surface area contributed by atoms with E-state index in [9.17, 15) is 10.1 Å². The highest BCUT2D eigenvalue weighted by atomic mass is 16.2. The van der Waals surface area contributed by atoms with E-state index < -0.39 is 0 Å². The van der Waals surface area contributed by atoms with Gasteiger partial charge in [-0.2, -0.15) is 5.26 Å². The smallest absolute Gasteiger partial charge is 0.237 e. The number of carbonyl (C=O) groups is 1. The highest BCUT2D eigenvalue weighted by Crippen LogP contribution is 2.19. The van der Waals surface area contributed by atoms with Crippen molar-refractivity contribution in [3.05, 3.63) is 35.4 Å².